The van der Waals surface area contributed by atoms with Crippen molar-refractivity contribution in [2.45, 2.75) is 47.1 Å². The van der Waals surface area contributed by atoms with Gasteiger partial charge in [0.25, 0.3) is 0 Å². The number of hydrogen-bond acceptors (Lipinski definition) is 1. The third-order valence-electron chi connectivity index (χ3n) is 2.96. The Hall–Kier alpha value is 0.170. The maximum atomic E-state index is 4.55. The predicted molar refractivity (Wildman–Crippen MR) is 80.8 cm³/mol. The Morgan fingerprint density at radius 3 is 2.47 bits per heavy atom. The van der Waals surface area contributed by atoms with Crippen molar-refractivity contribution in [1.29, 1.82) is 0 Å². The van der Waals surface area contributed by atoms with Gasteiger partial charge in [-0.25, -0.2) is 0 Å². The van der Waals surface area contributed by atoms with Gasteiger partial charge in [0.15, 0.2) is 0 Å². The number of aryl methyl sites for hydroxylation is 2. The molecule has 0 spiro atoms. The largest absolute Gasteiger partial charge is 0.268 e. The molecule has 17 heavy (non-hydrogen) atoms. The van der Waals surface area contributed by atoms with Crippen LogP contribution in [0.3, 0.4) is 0 Å². The maximum Gasteiger partial charge on any atom is 0.0738 e. The average molecular weight is 366 g/mol. The van der Waals surface area contributed by atoms with Crippen LogP contribution < -0.4 is 0 Å². The maximum absolute atomic E-state index is 4.55. The second-order valence-corrected chi connectivity index (χ2v) is 6.46. The Kier molecular flexibility index (Phi) is 6.21. The van der Waals surface area contributed by atoms with Gasteiger partial charge in [-0.3, -0.25) is 4.68 Å². The average Bonchev–Trinajstić information content (AvgIpc) is 2.55. The van der Waals surface area contributed by atoms with E-state index in [1.165, 1.54) is 16.6 Å². The number of hydrogen-bond donors (Lipinski definition) is 0. The summed E-state index contributed by atoms with van der Waals surface area (Å²) >= 11 is 7.30. The highest BCUT2D eigenvalue weighted by Gasteiger charge is 2.17. The highest BCUT2D eigenvalue weighted by molar-refractivity contribution is 9.10. The number of rotatable bonds is 6. The minimum Gasteiger partial charge on any atom is -0.268 e. The van der Waals surface area contributed by atoms with Crippen LogP contribution in [-0.2, 0) is 13.0 Å². The molecule has 0 fully saturated rings. The van der Waals surface area contributed by atoms with Gasteiger partial charge in [0.1, 0.15) is 0 Å². The summed E-state index contributed by atoms with van der Waals surface area (Å²) in [5, 5.41) is 5.61. The summed E-state index contributed by atoms with van der Waals surface area (Å²) in [5.41, 5.74) is 2.44. The molecule has 1 heterocycles. The van der Waals surface area contributed by atoms with E-state index < -0.39 is 0 Å². The lowest BCUT2D eigenvalue weighted by Gasteiger charge is -2.17. The summed E-state index contributed by atoms with van der Waals surface area (Å²) in [6.45, 7) is 9.72. The zero-order valence-corrected chi connectivity index (χ0v) is 14.3. The van der Waals surface area contributed by atoms with Crippen LogP contribution in [0.5, 0.6) is 0 Å². The van der Waals surface area contributed by atoms with E-state index in [1.54, 1.807) is 0 Å². The SMILES string of the molecule is CCn1nc(C)c(Br)c1CC(CBr)CC(C)C. The van der Waals surface area contributed by atoms with Crippen LogP contribution in [0.4, 0.5) is 0 Å². The molecule has 0 amide bonds. The third-order valence-corrected chi connectivity index (χ3v) is 4.90. The quantitative estimate of drug-likeness (QED) is 0.675. The fourth-order valence-corrected chi connectivity index (χ4v) is 3.14. The van der Waals surface area contributed by atoms with Crippen LogP contribution in [0.15, 0.2) is 4.47 Å². The molecule has 0 saturated carbocycles. The molecule has 0 aliphatic carbocycles. The zero-order chi connectivity index (χ0) is 13.0. The molecule has 1 unspecified atom stereocenters. The molecule has 0 N–H and O–H groups in total. The van der Waals surface area contributed by atoms with Gasteiger partial charge in [0.2, 0.25) is 0 Å². The van der Waals surface area contributed by atoms with E-state index in [-0.39, 0.29) is 0 Å². The summed E-state index contributed by atoms with van der Waals surface area (Å²) in [5.74, 6) is 1.43. The summed E-state index contributed by atoms with van der Waals surface area (Å²) in [6.07, 6.45) is 2.35. The molecule has 4 heteroatoms. The Balaban J connectivity index is 2.84. The normalized spacial score (nSPS) is 13.4. The first kappa shape index (κ1) is 15.2. The summed E-state index contributed by atoms with van der Waals surface area (Å²) < 4.78 is 3.31. The van der Waals surface area contributed by atoms with Crippen LogP contribution in [0.2, 0.25) is 0 Å². The number of nitrogens with zero attached hydrogens (tertiary/aromatic N) is 2. The molecule has 2 nitrogen and oxygen atoms in total. The van der Waals surface area contributed by atoms with Crippen LogP contribution in [0.1, 0.15) is 38.6 Å². The highest BCUT2D eigenvalue weighted by Crippen LogP contribution is 2.26. The Morgan fingerprint density at radius 1 is 1.35 bits per heavy atom. The molecule has 0 aromatic carbocycles. The summed E-state index contributed by atoms with van der Waals surface area (Å²) in [6, 6.07) is 0. The highest BCUT2D eigenvalue weighted by atomic mass is 79.9. The smallest absolute Gasteiger partial charge is 0.0738 e. The fourth-order valence-electron chi connectivity index (χ4n) is 2.20. The molecule has 0 radical (unpaired) electrons. The molecule has 1 aromatic heterocycles. The number of halogens is 2. The van der Waals surface area contributed by atoms with Crippen molar-refractivity contribution in [1.82, 2.24) is 9.78 Å². The number of aromatic nitrogens is 2. The third kappa shape index (κ3) is 4.09. The van der Waals surface area contributed by atoms with Gasteiger partial charge >= 0.3 is 0 Å². The predicted octanol–water partition coefficient (Wildman–Crippen LogP) is 4.57. The van der Waals surface area contributed by atoms with Gasteiger partial charge in [-0.2, -0.15) is 5.10 Å². The first-order valence-corrected chi connectivity index (χ1v) is 8.18. The Labute approximate surface area is 121 Å². The molecule has 0 aliphatic rings. The van der Waals surface area contributed by atoms with Crippen LogP contribution in [0, 0.1) is 18.8 Å². The van der Waals surface area contributed by atoms with E-state index in [0.29, 0.717) is 5.92 Å². The molecule has 1 rings (SSSR count). The molecular weight excluding hydrogens is 344 g/mol. The summed E-state index contributed by atoms with van der Waals surface area (Å²) in [7, 11) is 0. The van der Waals surface area contributed by atoms with Crippen LogP contribution >= 0.6 is 31.9 Å². The van der Waals surface area contributed by atoms with E-state index in [2.05, 4.69) is 69.3 Å². The van der Waals surface area contributed by atoms with Gasteiger partial charge < -0.3 is 0 Å². The van der Waals surface area contributed by atoms with Gasteiger partial charge in [-0.15, -0.1) is 0 Å². The lowest BCUT2D eigenvalue weighted by Crippen LogP contribution is -2.13. The first-order valence-electron chi connectivity index (χ1n) is 6.27. The second-order valence-electron chi connectivity index (χ2n) is 5.02. The Bertz CT molecular complexity index is 359. The van der Waals surface area contributed by atoms with Crippen LogP contribution in [0.25, 0.3) is 0 Å². The van der Waals surface area contributed by atoms with E-state index in [0.717, 1.165) is 29.9 Å². The monoisotopic (exact) mass is 364 g/mol. The molecule has 0 aliphatic heterocycles. The summed E-state index contributed by atoms with van der Waals surface area (Å²) in [4.78, 5) is 0. The van der Waals surface area contributed by atoms with Crippen molar-refractivity contribution in [2.75, 3.05) is 5.33 Å². The topological polar surface area (TPSA) is 17.8 Å². The minimum atomic E-state index is 0.688. The molecular formula is C13H22Br2N2. The molecule has 1 atom stereocenters. The van der Waals surface area contributed by atoms with Gasteiger partial charge in [0, 0.05) is 11.9 Å². The number of alkyl halides is 1. The molecule has 98 valence electrons. The van der Waals surface area contributed by atoms with Crippen molar-refractivity contribution < 1.29 is 0 Å². The standard InChI is InChI=1S/C13H22Br2N2/c1-5-17-12(13(15)10(4)16-17)7-11(8-14)6-9(2)3/h9,11H,5-8H2,1-4H3. The van der Waals surface area contributed by atoms with Crippen LogP contribution in [-0.4, -0.2) is 15.1 Å². The van der Waals surface area contributed by atoms with Crippen molar-refractivity contribution in [2.24, 2.45) is 11.8 Å². The van der Waals surface area contributed by atoms with Gasteiger partial charge in [-0.1, -0.05) is 29.8 Å². The lowest BCUT2D eigenvalue weighted by atomic mass is 9.94. The Morgan fingerprint density at radius 2 is 2.00 bits per heavy atom. The van der Waals surface area contributed by atoms with Gasteiger partial charge in [0.05, 0.1) is 15.9 Å². The fraction of sp³-hybridized carbons (Fsp3) is 0.769. The van der Waals surface area contributed by atoms with Gasteiger partial charge in [-0.05, 0) is 54.5 Å². The second kappa shape index (κ2) is 6.93. The van der Waals surface area contributed by atoms with E-state index in [1.807, 2.05) is 0 Å². The van der Waals surface area contributed by atoms with Crippen molar-refractivity contribution in [3.8, 4) is 0 Å². The molecule has 0 saturated heterocycles. The van der Waals surface area contributed by atoms with E-state index in [4.69, 9.17) is 0 Å². The van der Waals surface area contributed by atoms with E-state index in [9.17, 15) is 0 Å². The minimum absolute atomic E-state index is 0.688. The lowest BCUT2D eigenvalue weighted by molar-refractivity contribution is 0.431. The van der Waals surface area contributed by atoms with E-state index >= 15 is 0 Å². The zero-order valence-electron chi connectivity index (χ0n) is 11.1. The van der Waals surface area contributed by atoms with Crippen molar-refractivity contribution in [3.05, 3.63) is 15.9 Å². The van der Waals surface area contributed by atoms with Crippen molar-refractivity contribution >= 4 is 31.9 Å². The molecule has 0 bridgehead atoms. The van der Waals surface area contributed by atoms with Crippen molar-refractivity contribution in [3.63, 3.8) is 0 Å². The first-order chi connectivity index (χ1) is 7.99. The molecule has 1 aromatic rings.